The fourth-order valence-corrected chi connectivity index (χ4v) is 1.66. The van der Waals surface area contributed by atoms with Gasteiger partial charge in [0.05, 0.1) is 0 Å². The van der Waals surface area contributed by atoms with E-state index in [0.29, 0.717) is 5.01 Å². The van der Waals surface area contributed by atoms with Gasteiger partial charge in [-0.1, -0.05) is 0 Å². The van der Waals surface area contributed by atoms with Gasteiger partial charge in [-0.05, 0) is 0 Å². The number of aliphatic carboxylic acids is 1. The van der Waals surface area contributed by atoms with Gasteiger partial charge in [0, 0.05) is 11.6 Å². The van der Waals surface area contributed by atoms with Crippen LogP contribution in [0.2, 0.25) is 0 Å². The first-order valence-corrected chi connectivity index (χ1v) is 4.41. The van der Waals surface area contributed by atoms with Crippen LogP contribution in [-0.4, -0.2) is 22.0 Å². The Bertz CT molecular complexity index is 461. The van der Waals surface area contributed by atoms with E-state index in [2.05, 4.69) is 15.2 Å². The minimum Gasteiger partial charge on any atom is -0.476 e. The number of carbonyl (C=O) groups is 2. The third-order valence-corrected chi connectivity index (χ3v) is 2.33. The average molecular weight is 209 g/mol. The second-order valence-corrected chi connectivity index (χ2v) is 3.27. The summed E-state index contributed by atoms with van der Waals surface area (Å²) < 4.78 is 0. The molecule has 6 nitrogen and oxygen atoms in total. The normalized spacial score (nSPS) is 15.3. The van der Waals surface area contributed by atoms with E-state index in [0.717, 1.165) is 0 Å². The van der Waals surface area contributed by atoms with E-state index in [-0.39, 0.29) is 11.3 Å². The van der Waals surface area contributed by atoms with E-state index >= 15 is 0 Å². The summed E-state index contributed by atoms with van der Waals surface area (Å²) >= 11 is 1.17. The molecule has 70 valence electrons. The Morgan fingerprint density at radius 1 is 1.43 bits per heavy atom. The van der Waals surface area contributed by atoms with E-state index in [1.165, 1.54) is 17.5 Å². The summed E-state index contributed by atoms with van der Waals surface area (Å²) in [6.07, 6.45) is 1.48. The van der Waals surface area contributed by atoms with Crippen molar-refractivity contribution in [1.82, 2.24) is 4.98 Å². The third-order valence-electron chi connectivity index (χ3n) is 1.54. The molecule has 0 saturated carbocycles. The van der Waals surface area contributed by atoms with Crippen molar-refractivity contribution in [3.05, 3.63) is 22.3 Å². The predicted molar refractivity (Wildman–Crippen MR) is 46.5 cm³/mol. The Kier molecular flexibility index (Phi) is 1.93. The lowest BCUT2D eigenvalue weighted by Gasteiger charge is -1.93. The fourth-order valence-electron chi connectivity index (χ4n) is 0.986. The molecule has 1 aliphatic heterocycles. The summed E-state index contributed by atoms with van der Waals surface area (Å²) in [5.74, 6) is -1.93. The second kappa shape index (κ2) is 3.11. The number of rotatable bonds is 2. The summed E-state index contributed by atoms with van der Waals surface area (Å²) in [6.45, 7) is 0. The summed E-state index contributed by atoms with van der Waals surface area (Å²) in [5, 5.41) is 17.1. The van der Waals surface area contributed by atoms with Gasteiger partial charge in [0.1, 0.15) is 10.6 Å². The van der Waals surface area contributed by atoms with Crippen LogP contribution in [0.15, 0.2) is 27.5 Å². The molecule has 0 saturated heterocycles. The highest BCUT2D eigenvalue weighted by atomic mass is 32.1. The van der Waals surface area contributed by atoms with Crippen LogP contribution in [0.5, 0.6) is 0 Å². The Balaban J connectivity index is 2.56. The number of thiazole rings is 1. The van der Waals surface area contributed by atoms with E-state index in [1.807, 2.05) is 0 Å². The Morgan fingerprint density at radius 3 is 2.79 bits per heavy atom. The largest absolute Gasteiger partial charge is 0.476 e. The van der Waals surface area contributed by atoms with Crippen molar-refractivity contribution in [2.75, 3.05) is 0 Å². The molecule has 2 heterocycles. The van der Waals surface area contributed by atoms with Crippen LogP contribution < -0.4 is 0 Å². The molecule has 0 aromatic carbocycles. The number of azo groups is 1. The molecule has 1 aromatic heterocycles. The van der Waals surface area contributed by atoms with Crippen molar-refractivity contribution < 1.29 is 14.7 Å². The van der Waals surface area contributed by atoms with Crippen LogP contribution in [-0.2, 0) is 9.59 Å². The zero-order valence-corrected chi connectivity index (χ0v) is 7.48. The highest BCUT2D eigenvalue weighted by Gasteiger charge is 2.29. The topological polar surface area (TPSA) is 92.0 Å². The Hall–Kier alpha value is -1.89. The number of hydrogen-bond acceptors (Lipinski definition) is 5. The molecule has 0 bridgehead atoms. The van der Waals surface area contributed by atoms with Crippen LogP contribution in [0.25, 0.3) is 5.57 Å². The molecule has 1 N–H and O–H groups in total. The van der Waals surface area contributed by atoms with Crippen LogP contribution in [0.1, 0.15) is 5.01 Å². The van der Waals surface area contributed by atoms with Gasteiger partial charge in [0.15, 0.2) is 5.70 Å². The standard InChI is InChI=1S/C7H3N3O3S/c11-5-3(6-8-1-2-14-6)4(7(12)13)9-10-5/h1-2H,(H,12,13). The summed E-state index contributed by atoms with van der Waals surface area (Å²) in [7, 11) is 0. The highest BCUT2D eigenvalue weighted by Crippen LogP contribution is 2.27. The monoisotopic (exact) mass is 209 g/mol. The molecule has 2 rings (SSSR count). The number of carboxylic acid groups (broad SMARTS) is 1. The van der Waals surface area contributed by atoms with Gasteiger partial charge in [-0.15, -0.1) is 21.6 Å². The molecular formula is C7H3N3O3S. The highest BCUT2D eigenvalue weighted by molar-refractivity contribution is 7.11. The van der Waals surface area contributed by atoms with E-state index in [1.54, 1.807) is 5.38 Å². The molecule has 1 amide bonds. The molecule has 0 fully saturated rings. The van der Waals surface area contributed by atoms with E-state index < -0.39 is 11.9 Å². The minimum atomic E-state index is -1.27. The molecule has 0 radical (unpaired) electrons. The second-order valence-electron chi connectivity index (χ2n) is 2.37. The summed E-state index contributed by atoms with van der Waals surface area (Å²) in [6, 6.07) is 0. The minimum absolute atomic E-state index is 0.0347. The van der Waals surface area contributed by atoms with Crippen LogP contribution in [0.4, 0.5) is 0 Å². The molecule has 0 aliphatic carbocycles. The van der Waals surface area contributed by atoms with Gasteiger partial charge < -0.3 is 5.11 Å². The van der Waals surface area contributed by atoms with Crippen molar-refractivity contribution in [2.24, 2.45) is 10.2 Å². The molecule has 0 atom stereocenters. The van der Waals surface area contributed by atoms with Gasteiger partial charge in [-0.2, -0.15) is 0 Å². The first-order chi connectivity index (χ1) is 6.70. The van der Waals surface area contributed by atoms with Crippen molar-refractivity contribution in [3.63, 3.8) is 0 Å². The maximum atomic E-state index is 11.2. The molecule has 14 heavy (non-hydrogen) atoms. The number of hydrogen-bond donors (Lipinski definition) is 1. The van der Waals surface area contributed by atoms with E-state index in [9.17, 15) is 9.59 Å². The number of aromatic nitrogens is 1. The summed E-state index contributed by atoms with van der Waals surface area (Å²) in [5.41, 5.74) is -0.377. The number of carbonyl (C=O) groups excluding carboxylic acids is 1. The SMILES string of the molecule is O=C(O)C1=C(c2nccs2)C(=O)N=N1. The first kappa shape index (κ1) is 8.70. The number of nitrogens with zero attached hydrogens (tertiary/aromatic N) is 3. The van der Waals surface area contributed by atoms with Crippen molar-refractivity contribution in [2.45, 2.75) is 0 Å². The van der Waals surface area contributed by atoms with Crippen LogP contribution in [0.3, 0.4) is 0 Å². The molecule has 1 aromatic rings. The maximum Gasteiger partial charge on any atom is 0.357 e. The smallest absolute Gasteiger partial charge is 0.357 e. The van der Waals surface area contributed by atoms with E-state index in [4.69, 9.17) is 5.11 Å². The molecular weight excluding hydrogens is 206 g/mol. The van der Waals surface area contributed by atoms with Gasteiger partial charge >= 0.3 is 11.9 Å². The Morgan fingerprint density at radius 2 is 2.21 bits per heavy atom. The van der Waals surface area contributed by atoms with Crippen LogP contribution in [0, 0.1) is 0 Å². The lowest BCUT2D eigenvalue weighted by atomic mass is 10.2. The lowest BCUT2D eigenvalue weighted by molar-refractivity contribution is -0.132. The fraction of sp³-hybridized carbons (Fsp3) is 0. The molecule has 7 heteroatoms. The third kappa shape index (κ3) is 1.23. The van der Waals surface area contributed by atoms with Crippen molar-refractivity contribution in [1.29, 1.82) is 0 Å². The van der Waals surface area contributed by atoms with Crippen molar-refractivity contribution >= 4 is 28.8 Å². The molecule has 0 spiro atoms. The molecule has 0 unspecified atom stereocenters. The number of carboxylic acids is 1. The van der Waals surface area contributed by atoms with Gasteiger partial charge in [-0.3, -0.25) is 4.79 Å². The zero-order chi connectivity index (χ0) is 10.1. The lowest BCUT2D eigenvalue weighted by Crippen LogP contribution is -2.02. The summed E-state index contributed by atoms with van der Waals surface area (Å²) in [4.78, 5) is 25.7. The maximum absolute atomic E-state index is 11.2. The van der Waals surface area contributed by atoms with Crippen LogP contribution >= 0.6 is 11.3 Å². The van der Waals surface area contributed by atoms with Gasteiger partial charge in [0.2, 0.25) is 0 Å². The predicted octanol–water partition coefficient (Wildman–Crippen LogP) is 0.931. The zero-order valence-electron chi connectivity index (χ0n) is 6.67. The Labute approximate surface area is 81.6 Å². The van der Waals surface area contributed by atoms with Gasteiger partial charge in [-0.25, -0.2) is 9.78 Å². The quantitative estimate of drug-likeness (QED) is 0.784. The first-order valence-electron chi connectivity index (χ1n) is 3.53. The average Bonchev–Trinajstić information content (AvgIpc) is 2.71. The number of amides is 1. The molecule has 1 aliphatic rings. The van der Waals surface area contributed by atoms with Gasteiger partial charge in [0.25, 0.3) is 0 Å². The van der Waals surface area contributed by atoms with Crippen molar-refractivity contribution in [3.8, 4) is 0 Å².